The van der Waals surface area contributed by atoms with Crippen LogP contribution >= 0.6 is 0 Å². The second-order valence-corrected chi connectivity index (χ2v) is 13.0. The number of pyridine rings is 1. The van der Waals surface area contributed by atoms with Crippen molar-refractivity contribution in [3.8, 4) is 16.9 Å². The highest BCUT2D eigenvalue weighted by Crippen LogP contribution is 2.39. The number of nitrogen functional groups attached to an aromatic ring is 1. The van der Waals surface area contributed by atoms with E-state index in [4.69, 9.17) is 10.5 Å². The topological polar surface area (TPSA) is 127 Å². The van der Waals surface area contributed by atoms with Crippen molar-refractivity contribution in [2.75, 3.05) is 43.1 Å². The fraction of sp³-hybridized carbons (Fsp3) is 0.464. The van der Waals surface area contributed by atoms with Crippen molar-refractivity contribution in [1.82, 2.24) is 19.9 Å². The quantitative estimate of drug-likeness (QED) is 0.394. The van der Waals surface area contributed by atoms with Crippen LogP contribution < -0.4 is 20.7 Å². The Morgan fingerprint density at radius 3 is 2.44 bits per heavy atom. The van der Waals surface area contributed by atoms with Crippen molar-refractivity contribution in [1.29, 1.82) is 0 Å². The molecule has 3 aromatic rings. The van der Waals surface area contributed by atoms with Crippen molar-refractivity contribution in [2.45, 2.75) is 63.0 Å². The predicted octanol–water partition coefficient (Wildman–Crippen LogP) is 4.36. The average molecular weight is 554 g/mol. The summed E-state index contributed by atoms with van der Waals surface area (Å²) in [4.78, 5) is 17.5. The minimum atomic E-state index is -3.65. The molecule has 0 saturated carbocycles. The SMILES string of the molecule is CC(C)Oc1cc(N2CCC(N(C)C)CC2)ccc1-c1cnc(N)nc1Nc1cccnc1S(=O)(=O)C(C)C. The van der Waals surface area contributed by atoms with E-state index >= 15 is 0 Å². The maximum absolute atomic E-state index is 13.0. The van der Waals surface area contributed by atoms with Crippen LogP contribution in [-0.4, -0.2) is 72.9 Å². The van der Waals surface area contributed by atoms with Gasteiger partial charge in [-0.15, -0.1) is 0 Å². The van der Waals surface area contributed by atoms with Crippen LogP contribution in [0.3, 0.4) is 0 Å². The van der Waals surface area contributed by atoms with Gasteiger partial charge in [-0.25, -0.2) is 18.4 Å². The van der Waals surface area contributed by atoms with Crippen molar-refractivity contribution >= 4 is 33.0 Å². The number of hydrogen-bond donors (Lipinski definition) is 2. The molecule has 3 N–H and O–H groups in total. The van der Waals surface area contributed by atoms with Crippen molar-refractivity contribution in [3.63, 3.8) is 0 Å². The molecular formula is C28H39N7O3S. The van der Waals surface area contributed by atoms with E-state index in [1.54, 1.807) is 32.2 Å². The highest BCUT2D eigenvalue weighted by Gasteiger charge is 2.26. The van der Waals surface area contributed by atoms with Crippen LogP contribution in [0, 0.1) is 0 Å². The Hall–Kier alpha value is -3.44. The molecule has 10 nitrogen and oxygen atoms in total. The Labute approximate surface area is 231 Å². The molecule has 0 unspecified atom stereocenters. The number of piperidine rings is 1. The summed E-state index contributed by atoms with van der Waals surface area (Å²) in [5.41, 5.74) is 8.78. The monoisotopic (exact) mass is 553 g/mol. The molecule has 11 heteroatoms. The molecule has 2 aromatic heterocycles. The first-order valence-electron chi connectivity index (χ1n) is 13.3. The molecule has 0 aliphatic carbocycles. The van der Waals surface area contributed by atoms with Gasteiger partial charge < -0.3 is 25.6 Å². The van der Waals surface area contributed by atoms with E-state index in [1.165, 1.54) is 6.20 Å². The number of nitrogens with zero attached hydrogens (tertiary/aromatic N) is 5. The first-order valence-corrected chi connectivity index (χ1v) is 14.8. The number of benzene rings is 1. The molecule has 0 radical (unpaired) electrons. The van der Waals surface area contributed by atoms with Gasteiger partial charge in [0.1, 0.15) is 11.6 Å². The minimum Gasteiger partial charge on any atom is -0.490 e. The average Bonchev–Trinajstić information content (AvgIpc) is 2.89. The second kappa shape index (κ2) is 11.7. The summed E-state index contributed by atoms with van der Waals surface area (Å²) in [7, 11) is 0.623. The second-order valence-electron chi connectivity index (χ2n) is 10.6. The number of nitrogens with one attached hydrogen (secondary N) is 1. The molecule has 1 fully saturated rings. The van der Waals surface area contributed by atoms with Gasteiger partial charge in [-0.3, -0.25) is 0 Å². The third-order valence-electron chi connectivity index (χ3n) is 6.90. The molecule has 0 amide bonds. The smallest absolute Gasteiger partial charge is 0.221 e. The van der Waals surface area contributed by atoms with Gasteiger partial charge in [0.2, 0.25) is 5.95 Å². The van der Waals surface area contributed by atoms with Crippen molar-refractivity contribution in [3.05, 3.63) is 42.7 Å². The summed E-state index contributed by atoms with van der Waals surface area (Å²) >= 11 is 0. The zero-order valence-corrected chi connectivity index (χ0v) is 24.4. The Morgan fingerprint density at radius 1 is 1.08 bits per heavy atom. The van der Waals surface area contributed by atoms with Gasteiger partial charge in [0.15, 0.2) is 14.9 Å². The zero-order valence-electron chi connectivity index (χ0n) is 23.5. The summed E-state index contributed by atoms with van der Waals surface area (Å²) in [5, 5.41) is 2.49. The lowest BCUT2D eigenvalue weighted by Gasteiger charge is -2.36. The van der Waals surface area contributed by atoms with E-state index in [-0.39, 0.29) is 17.1 Å². The third kappa shape index (κ3) is 6.42. The number of nitrogens with two attached hydrogens (primary N) is 1. The highest BCUT2D eigenvalue weighted by atomic mass is 32.2. The van der Waals surface area contributed by atoms with E-state index in [0.717, 1.165) is 37.2 Å². The lowest BCUT2D eigenvalue weighted by atomic mass is 10.0. The molecule has 210 valence electrons. The molecule has 0 bridgehead atoms. The number of aromatic nitrogens is 3. The van der Waals surface area contributed by atoms with Crippen LogP contribution in [0.25, 0.3) is 11.1 Å². The zero-order chi connectivity index (χ0) is 28.3. The van der Waals surface area contributed by atoms with Crippen LogP contribution in [0.4, 0.5) is 23.1 Å². The first kappa shape index (κ1) is 28.6. The Bertz CT molecular complexity index is 1400. The number of hydrogen-bond acceptors (Lipinski definition) is 10. The molecule has 1 aliphatic rings. The molecule has 3 heterocycles. The summed E-state index contributed by atoms with van der Waals surface area (Å²) in [6, 6.07) is 10.1. The Balaban J connectivity index is 1.74. The van der Waals surface area contributed by atoms with Gasteiger partial charge >= 0.3 is 0 Å². The van der Waals surface area contributed by atoms with E-state index < -0.39 is 15.1 Å². The molecule has 1 aromatic carbocycles. The molecule has 1 saturated heterocycles. The first-order chi connectivity index (χ1) is 18.5. The fourth-order valence-electron chi connectivity index (χ4n) is 4.67. The Kier molecular flexibility index (Phi) is 8.60. The van der Waals surface area contributed by atoms with Crippen LogP contribution in [0.15, 0.2) is 47.8 Å². The molecule has 1 aliphatic heterocycles. The van der Waals surface area contributed by atoms with Crippen molar-refractivity contribution < 1.29 is 13.2 Å². The van der Waals surface area contributed by atoms with E-state index in [9.17, 15) is 8.42 Å². The largest absolute Gasteiger partial charge is 0.490 e. The maximum Gasteiger partial charge on any atom is 0.221 e. The summed E-state index contributed by atoms with van der Waals surface area (Å²) < 4.78 is 32.3. The Morgan fingerprint density at radius 2 is 1.79 bits per heavy atom. The third-order valence-corrected chi connectivity index (χ3v) is 9.01. The molecule has 39 heavy (non-hydrogen) atoms. The number of anilines is 4. The molecule has 0 spiro atoms. The standard InChI is InChI=1S/C28H39N7O3S/c1-18(2)38-25-16-21(35-14-11-20(12-15-35)34(5)6)9-10-22(25)23-17-31-28(29)33-26(23)32-24-8-7-13-30-27(24)39(36,37)19(3)4/h7-10,13,16-20H,11-12,14-15H2,1-6H3,(H3,29,31,32,33). The van der Waals surface area contributed by atoms with E-state index in [0.29, 0.717) is 28.9 Å². The normalized spacial score (nSPS) is 14.8. The van der Waals surface area contributed by atoms with E-state index in [2.05, 4.69) is 56.3 Å². The maximum atomic E-state index is 13.0. The van der Waals surface area contributed by atoms with Crippen LogP contribution in [-0.2, 0) is 9.84 Å². The van der Waals surface area contributed by atoms with E-state index in [1.807, 2.05) is 19.9 Å². The summed E-state index contributed by atoms with van der Waals surface area (Å²) in [5.74, 6) is 1.11. The van der Waals surface area contributed by atoms with Crippen LogP contribution in [0.5, 0.6) is 5.75 Å². The van der Waals surface area contributed by atoms with Gasteiger partial charge in [-0.1, -0.05) is 0 Å². The van der Waals surface area contributed by atoms with Gasteiger partial charge in [-0.2, -0.15) is 4.98 Å². The fourth-order valence-corrected chi connectivity index (χ4v) is 5.75. The predicted molar refractivity (Wildman–Crippen MR) is 156 cm³/mol. The van der Waals surface area contributed by atoms with Gasteiger partial charge in [0.25, 0.3) is 0 Å². The van der Waals surface area contributed by atoms with Crippen LogP contribution in [0.1, 0.15) is 40.5 Å². The minimum absolute atomic E-state index is 0.0433. The lowest BCUT2D eigenvalue weighted by Crippen LogP contribution is -2.42. The molecular weight excluding hydrogens is 514 g/mol. The molecule has 4 rings (SSSR count). The number of rotatable bonds is 9. The van der Waals surface area contributed by atoms with Gasteiger partial charge in [0.05, 0.1) is 17.0 Å². The summed E-state index contributed by atoms with van der Waals surface area (Å²) in [6.07, 6.45) is 5.22. The van der Waals surface area contributed by atoms with Crippen LogP contribution in [0.2, 0.25) is 0 Å². The summed E-state index contributed by atoms with van der Waals surface area (Å²) in [6.45, 7) is 9.15. The van der Waals surface area contributed by atoms with Gasteiger partial charge in [-0.05, 0) is 78.9 Å². The highest BCUT2D eigenvalue weighted by molar-refractivity contribution is 7.92. The number of ether oxygens (including phenoxy) is 1. The van der Waals surface area contributed by atoms with Gasteiger partial charge in [0, 0.05) is 54.4 Å². The molecule has 0 atom stereocenters. The number of sulfone groups is 1. The lowest BCUT2D eigenvalue weighted by molar-refractivity contribution is 0.242. The van der Waals surface area contributed by atoms with Crippen molar-refractivity contribution in [2.24, 2.45) is 0 Å².